The molecule has 2 unspecified atom stereocenters. The summed E-state index contributed by atoms with van der Waals surface area (Å²) in [6, 6.07) is -0.0901. The maximum absolute atomic E-state index is 12.8. The summed E-state index contributed by atoms with van der Waals surface area (Å²) in [4.78, 5) is 13.3. The highest BCUT2D eigenvalue weighted by Crippen LogP contribution is 2.23. The topological polar surface area (TPSA) is 81.2 Å². The predicted octanol–water partition coefficient (Wildman–Crippen LogP) is 0.0538. The number of carbonyl (C=O) groups is 1. The third kappa shape index (κ3) is 3.74. The van der Waals surface area contributed by atoms with E-state index >= 15 is 0 Å². The van der Waals surface area contributed by atoms with E-state index in [1.54, 1.807) is 4.31 Å². The molecule has 2 fully saturated rings. The molecular formula is C13H25N3O4S. The Morgan fingerprint density at radius 2 is 1.86 bits per heavy atom. The minimum absolute atomic E-state index is 0.0901. The Morgan fingerprint density at radius 3 is 2.52 bits per heavy atom. The second-order valence-electron chi connectivity index (χ2n) is 6.12. The normalized spacial score (nSPS) is 31.0. The summed E-state index contributed by atoms with van der Waals surface area (Å²) in [5.41, 5.74) is 0. The molecule has 0 aromatic carbocycles. The van der Waals surface area contributed by atoms with Gasteiger partial charge in [-0.05, 0) is 39.8 Å². The first-order valence-electron chi connectivity index (χ1n) is 7.50. The van der Waals surface area contributed by atoms with Crippen LogP contribution in [0.2, 0.25) is 0 Å². The molecule has 1 N–H and O–H groups in total. The highest BCUT2D eigenvalue weighted by atomic mass is 32.2. The van der Waals surface area contributed by atoms with Crippen molar-refractivity contribution < 1.29 is 18.3 Å². The van der Waals surface area contributed by atoms with Gasteiger partial charge in [-0.3, -0.25) is 4.79 Å². The van der Waals surface area contributed by atoms with Crippen molar-refractivity contribution in [3.8, 4) is 0 Å². The number of rotatable bonds is 3. The van der Waals surface area contributed by atoms with E-state index in [1.807, 2.05) is 14.0 Å². The number of nitrogens with zero attached hydrogens (tertiary/aromatic N) is 3. The molecule has 2 saturated heterocycles. The minimum atomic E-state index is -3.57. The summed E-state index contributed by atoms with van der Waals surface area (Å²) >= 11 is 0. The van der Waals surface area contributed by atoms with Crippen LogP contribution in [0.1, 0.15) is 26.2 Å². The number of aliphatic carboxylic acids is 1. The van der Waals surface area contributed by atoms with Crippen molar-refractivity contribution in [1.29, 1.82) is 0 Å². The monoisotopic (exact) mass is 319 g/mol. The molecule has 0 amide bonds. The van der Waals surface area contributed by atoms with Gasteiger partial charge in [0.05, 0.1) is 5.92 Å². The van der Waals surface area contributed by atoms with Crippen LogP contribution >= 0.6 is 0 Å². The molecule has 0 aromatic rings. The van der Waals surface area contributed by atoms with Gasteiger partial charge in [0.1, 0.15) is 0 Å². The van der Waals surface area contributed by atoms with Crippen LogP contribution < -0.4 is 0 Å². The van der Waals surface area contributed by atoms with Crippen molar-refractivity contribution >= 4 is 16.2 Å². The van der Waals surface area contributed by atoms with Gasteiger partial charge in [0.25, 0.3) is 10.2 Å². The first kappa shape index (κ1) is 16.7. The van der Waals surface area contributed by atoms with Gasteiger partial charge in [0.15, 0.2) is 0 Å². The molecule has 0 aromatic heterocycles. The second-order valence-corrected chi connectivity index (χ2v) is 8.00. The first-order valence-corrected chi connectivity index (χ1v) is 8.90. The van der Waals surface area contributed by atoms with E-state index in [1.165, 1.54) is 4.31 Å². The van der Waals surface area contributed by atoms with Crippen LogP contribution in [0.3, 0.4) is 0 Å². The molecule has 0 aliphatic carbocycles. The highest BCUT2D eigenvalue weighted by Gasteiger charge is 2.38. The van der Waals surface area contributed by atoms with Crippen LogP contribution in [0.25, 0.3) is 0 Å². The average Bonchev–Trinajstić information content (AvgIpc) is 2.59. The fourth-order valence-electron chi connectivity index (χ4n) is 3.19. The zero-order chi connectivity index (χ0) is 15.6. The molecule has 7 nitrogen and oxygen atoms in total. The predicted molar refractivity (Wildman–Crippen MR) is 79.1 cm³/mol. The largest absolute Gasteiger partial charge is 0.481 e. The highest BCUT2D eigenvalue weighted by molar-refractivity contribution is 7.86. The molecule has 0 bridgehead atoms. The lowest BCUT2D eigenvalue weighted by atomic mass is 10.0. The molecule has 2 rings (SSSR count). The Labute approximate surface area is 126 Å². The molecule has 0 saturated carbocycles. The quantitative estimate of drug-likeness (QED) is 0.795. The number of hydrogen-bond acceptors (Lipinski definition) is 4. The van der Waals surface area contributed by atoms with Crippen molar-refractivity contribution in [3.63, 3.8) is 0 Å². The molecule has 2 aliphatic heterocycles. The van der Waals surface area contributed by atoms with Crippen molar-refractivity contribution in [2.45, 2.75) is 32.2 Å². The van der Waals surface area contributed by atoms with E-state index in [0.717, 1.165) is 13.0 Å². The van der Waals surface area contributed by atoms with Gasteiger partial charge in [-0.2, -0.15) is 17.0 Å². The third-order valence-corrected chi connectivity index (χ3v) is 6.46. The summed E-state index contributed by atoms with van der Waals surface area (Å²) in [5.74, 6) is -1.49. The summed E-state index contributed by atoms with van der Waals surface area (Å²) in [5, 5.41) is 9.12. The zero-order valence-corrected chi connectivity index (χ0v) is 13.5. The van der Waals surface area contributed by atoms with Crippen LogP contribution in [0.15, 0.2) is 0 Å². The van der Waals surface area contributed by atoms with Gasteiger partial charge >= 0.3 is 5.97 Å². The third-order valence-electron chi connectivity index (χ3n) is 4.34. The van der Waals surface area contributed by atoms with Crippen molar-refractivity contribution in [1.82, 2.24) is 13.5 Å². The van der Waals surface area contributed by atoms with Crippen LogP contribution in [0.4, 0.5) is 0 Å². The van der Waals surface area contributed by atoms with E-state index in [4.69, 9.17) is 5.11 Å². The van der Waals surface area contributed by atoms with Gasteiger partial charge in [-0.15, -0.1) is 0 Å². The van der Waals surface area contributed by atoms with Crippen LogP contribution in [0.5, 0.6) is 0 Å². The number of piperidine rings is 1. The number of likely N-dealkylation sites (N-methyl/N-ethyl adjacent to an activating group) is 1. The van der Waals surface area contributed by atoms with Gasteiger partial charge in [-0.25, -0.2) is 0 Å². The Hall–Kier alpha value is -0.700. The summed E-state index contributed by atoms with van der Waals surface area (Å²) in [6.45, 7) is 4.52. The Kier molecular flexibility index (Phi) is 5.24. The van der Waals surface area contributed by atoms with Gasteiger partial charge in [0.2, 0.25) is 0 Å². The molecule has 2 heterocycles. The van der Waals surface area contributed by atoms with E-state index in [2.05, 4.69) is 4.90 Å². The van der Waals surface area contributed by atoms with Crippen LogP contribution in [-0.4, -0.2) is 78.8 Å². The van der Waals surface area contributed by atoms with E-state index < -0.39 is 22.1 Å². The molecule has 0 spiro atoms. The molecule has 0 radical (unpaired) electrons. The lowest BCUT2D eigenvalue weighted by molar-refractivity contribution is -0.142. The standard InChI is InChI=1S/C13H25N3O4S/c1-11-9-14(2)6-4-8-16(11)21(19,20)15-7-3-5-12(10-15)13(17)18/h11-12H,3-10H2,1-2H3,(H,17,18). The number of carboxylic acids is 1. The van der Waals surface area contributed by atoms with Crippen LogP contribution in [-0.2, 0) is 15.0 Å². The van der Waals surface area contributed by atoms with Crippen molar-refractivity contribution in [2.75, 3.05) is 39.8 Å². The number of carboxylic acid groups (broad SMARTS) is 1. The molecule has 2 aliphatic rings. The summed E-state index contributed by atoms with van der Waals surface area (Å²) in [7, 11) is -1.58. The van der Waals surface area contributed by atoms with Crippen molar-refractivity contribution in [3.05, 3.63) is 0 Å². The lowest BCUT2D eigenvalue weighted by Crippen LogP contribution is -2.52. The molecule has 21 heavy (non-hydrogen) atoms. The molecule has 122 valence electrons. The minimum Gasteiger partial charge on any atom is -0.481 e. The maximum Gasteiger partial charge on any atom is 0.307 e. The van der Waals surface area contributed by atoms with E-state index in [-0.39, 0.29) is 12.6 Å². The van der Waals surface area contributed by atoms with Crippen molar-refractivity contribution in [2.24, 2.45) is 5.92 Å². The van der Waals surface area contributed by atoms with E-state index in [9.17, 15) is 13.2 Å². The Morgan fingerprint density at radius 1 is 1.14 bits per heavy atom. The average molecular weight is 319 g/mol. The molecule has 2 atom stereocenters. The molecular weight excluding hydrogens is 294 g/mol. The van der Waals surface area contributed by atoms with Gasteiger partial charge < -0.3 is 10.0 Å². The fraction of sp³-hybridized carbons (Fsp3) is 0.923. The summed E-state index contributed by atoms with van der Waals surface area (Å²) in [6.07, 6.45) is 1.97. The van der Waals surface area contributed by atoms with E-state index in [0.29, 0.717) is 32.5 Å². The smallest absolute Gasteiger partial charge is 0.307 e. The molecule has 8 heteroatoms. The maximum atomic E-state index is 12.8. The second kappa shape index (κ2) is 6.60. The Bertz CT molecular complexity index is 482. The van der Waals surface area contributed by atoms with Gasteiger partial charge in [-0.1, -0.05) is 0 Å². The Balaban J connectivity index is 2.14. The fourth-order valence-corrected chi connectivity index (χ4v) is 5.10. The van der Waals surface area contributed by atoms with Crippen LogP contribution in [0, 0.1) is 5.92 Å². The van der Waals surface area contributed by atoms with Gasteiger partial charge in [0, 0.05) is 32.2 Å². The first-order chi connectivity index (χ1) is 9.82. The number of hydrogen-bond donors (Lipinski definition) is 1. The lowest BCUT2D eigenvalue weighted by Gasteiger charge is -2.36. The zero-order valence-electron chi connectivity index (χ0n) is 12.7. The SMILES string of the molecule is CC1CN(C)CCCN1S(=O)(=O)N1CCCC(C(=O)O)C1. The summed E-state index contributed by atoms with van der Waals surface area (Å²) < 4.78 is 28.5.